The van der Waals surface area contributed by atoms with Gasteiger partial charge in [0.2, 0.25) is 0 Å². The summed E-state index contributed by atoms with van der Waals surface area (Å²) >= 11 is 5.51. The van der Waals surface area contributed by atoms with E-state index in [4.69, 9.17) is 0 Å². The van der Waals surface area contributed by atoms with Gasteiger partial charge in [0, 0.05) is 23.7 Å². The van der Waals surface area contributed by atoms with E-state index in [0.717, 1.165) is 5.33 Å². The van der Waals surface area contributed by atoms with Crippen molar-refractivity contribution in [2.24, 2.45) is 0 Å². The third-order valence-corrected chi connectivity index (χ3v) is 3.48. The average Bonchev–Trinajstić information content (AvgIpc) is 2.10. The summed E-state index contributed by atoms with van der Waals surface area (Å²) < 4.78 is 0. The molecule has 13 heavy (non-hydrogen) atoms. The van der Waals surface area contributed by atoms with E-state index in [1.807, 2.05) is 11.8 Å². The predicted octanol–water partition coefficient (Wildman–Crippen LogP) is 3.23. The van der Waals surface area contributed by atoms with Gasteiger partial charge in [0.05, 0.1) is 0 Å². The second-order valence-corrected chi connectivity index (χ2v) is 5.56. The van der Waals surface area contributed by atoms with Crippen molar-refractivity contribution < 1.29 is 0 Å². The zero-order valence-corrected chi connectivity index (χ0v) is 11.5. The SMILES string of the molecule is CCSCCN(CCCBr)C(C)C. The van der Waals surface area contributed by atoms with E-state index in [1.54, 1.807) is 0 Å². The van der Waals surface area contributed by atoms with Gasteiger partial charge in [-0.1, -0.05) is 22.9 Å². The first-order valence-corrected chi connectivity index (χ1v) is 7.37. The van der Waals surface area contributed by atoms with Crippen molar-refractivity contribution in [2.75, 3.05) is 29.9 Å². The summed E-state index contributed by atoms with van der Waals surface area (Å²) in [6, 6.07) is 0.691. The molecule has 0 fully saturated rings. The summed E-state index contributed by atoms with van der Waals surface area (Å²) in [5, 5.41) is 1.12. The summed E-state index contributed by atoms with van der Waals surface area (Å²) in [6.45, 7) is 9.26. The van der Waals surface area contributed by atoms with Crippen LogP contribution >= 0.6 is 27.7 Å². The van der Waals surface area contributed by atoms with Gasteiger partial charge in [-0.25, -0.2) is 0 Å². The Morgan fingerprint density at radius 2 is 2.00 bits per heavy atom. The fraction of sp³-hybridized carbons (Fsp3) is 1.00. The van der Waals surface area contributed by atoms with E-state index >= 15 is 0 Å². The molecule has 0 spiro atoms. The zero-order chi connectivity index (χ0) is 10.1. The van der Waals surface area contributed by atoms with Crippen LogP contribution in [0.4, 0.5) is 0 Å². The van der Waals surface area contributed by atoms with Gasteiger partial charge in [0.1, 0.15) is 0 Å². The zero-order valence-electron chi connectivity index (χ0n) is 9.05. The fourth-order valence-electron chi connectivity index (χ4n) is 1.22. The van der Waals surface area contributed by atoms with Crippen molar-refractivity contribution in [1.82, 2.24) is 4.90 Å². The van der Waals surface area contributed by atoms with Gasteiger partial charge in [-0.15, -0.1) is 0 Å². The molecule has 0 N–H and O–H groups in total. The summed E-state index contributed by atoms with van der Waals surface area (Å²) in [5.41, 5.74) is 0. The second-order valence-electron chi connectivity index (χ2n) is 3.37. The van der Waals surface area contributed by atoms with Gasteiger partial charge in [-0.3, -0.25) is 0 Å². The first-order chi connectivity index (χ1) is 6.22. The Balaban J connectivity index is 3.54. The van der Waals surface area contributed by atoms with E-state index in [-0.39, 0.29) is 0 Å². The van der Waals surface area contributed by atoms with Crippen LogP contribution in [0.1, 0.15) is 27.2 Å². The molecule has 3 heteroatoms. The summed E-state index contributed by atoms with van der Waals surface area (Å²) in [5.74, 6) is 2.52. The van der Waals surface area contributed by atoms with E-state index in [0.29, 0.717) is 6.04 Å². The average molecular weight is 268 g/mol. The molecule has 0 saturated carbocycles. The highest BCUT2D eigenvalue weighted by Crippen LogP contribution is 2.05. The Morgan fingerprint density at radius 3 is 2.46 bits per heavy atom. The van der Waals surface area contributed by atoms with Crippen molar-refractivity contribution in [3.63, 3.8) is 0 Å². The number of halogens is 1. The third kappa shape index (κ3) is 7.83. The lowest BCUT2D eigenvalue weighted by molar-refractivity contribution is 0.237. The first kappa shape index (κ1) is 13.8. The molecule has 0 heterocycles. The minimum Gasteiger partial charge on any atom is -0.300 e. The van der Waals surface area contributed by atoms with Gasteiger partial charge < -0.3 is 4.90 Å². The van der Waals surface area contributed by atoms with Crippen molar-refractivity contribution in [3.05, 3.63) is 0 Å². The van der Waals surface area contributed by atoms with Gasteiger partial charge in [0.25, 0.3) is 0 Å². The minimum atomic E-state index is 0.691. The smallest absolute Gasteiger partial charge is 0.00750 e. The number of alkyl halides is 1. The van der Waals surface area contributed by atoms with Crippen LogP contribution < -0.4 is 0 Å². The monoisotopic (exact) mass is 267 g/mol. The Hall–Kier alpha value is 0.790. The minimum absolute atomic E-state index is 0.691. The maximum Gasteiger partial charge on any atom is 0.00750 e. The lowest BCUT2D eigenvalue weighted by Gasteiger charge is -2.25. The molecule has 0 amide bonds. The lowest BCUT2D eigenvalue weighted by atomic mass is 10.3. The van der Waals surface area contributed by atoms with Crippen molar-refractivity contribution in [2.45, 2.75) is 33.2 Å². The van der Waals surface area contributed by atoms with Crippen molar-refractivity contribution >= 4 is 27.7 Å². The molecule has 80 valence electrons. The number of rotatable bonds is 8. The molecule has 1 nitrogen and oxygen atoms in total. The highest BCUT2D eigenvalue weighted by molar-refractivity contribution is 9.09. The standard InChI is InChI=1S/C10H22BrNS/c1-4-13-9-8-12(10(2)3)7-5-6-11/h10H,4-9H2,1-3H3. The number of nitrogens with zero attached hydrogens (tertiary/aromatic N) is 1. The van der Waals surface area contributed by atoms with Crippen LogP contribution in [-0.2, 0) is 0 Å². The maximum absolute atomic E-state index is 3.48. The number of hydrogen-bond acceptors (Lipinski definition) is 2. The predicted molar refractivity (Wildman–Crippen MR) is 68.1 cm³/mol. The molecule has 0 radical (unpaired) electrons. The third-order valence-electron chi connectivity index (χ3n) is 2.04. The molecule has 0 aromatic heterocycles. The molecule has 0 unspecified atom stereocenters. The maximum atomic E-state index is 3.48. The normalized spacial score (nSPS) is 11.5. The van der Waals surface area contributed by atoms with E-state index in [2.05, 4.69) is 41.6 Å². The fourth-order valence-corrected chi connectivity index (χ4v) is 2.12. The van der Waals surface area contributed by atoms with Gasteiger partial charge >= 0.3 is 0 Å². The summed E-state index contributed by atoms with van der Waals surface area (Å²) in [7, 11) is 0. The van der Waals surface area contributed by atoms with Gasteiger partial charge in [-0.2, -0.15) is 11.8 Å². The highest BCUT2D eigenvalue weighted by atomic mass is 79.9. The van der Waals surface area contributed by atoms with Crippen LogP contribution in [0.15, 0.2) is 0 Å². The molecular formula is C10H22BrNS. The van der Waals surface area contributed by atoms with Gasteiger partial charge in [0.15, 0.2) is 0 Å². The van der Waals surface area contributed by atoms with Crippen LogP contribution in [0.3, 0.4) is 0 Å². The van der Waals surface area contributed by atoms with E-state index in [1.165, 1.54) is 31.0 Å². The second kappa shape index (κ2) is 9.35. The van der Waals surface area contributed by atoms with Crippen LogP contribution in [0.5, 0.6) is 0 Å². The van der Waals surface area contributed by atoms with Crippen LogP contribution in [0, 0.1) is 0 Å². The topological polar surface area (TPSA) is 3.24 Å². The Morgan fingerprint density at radius 1 is 1.31 bits per heavy atom. The lowest BCUT2D eigenvalue weighted by Crippen LogP contribution is -2.34. The van der Waals surface area contributed by atoms with Crippen LogP contribution in [0.2, 0.25) is 0 Å². The largest absolute Gasteiger partial charge is 0.300 e. The van der Waals surface area contributed by atoms with E-state index in [9.17, 15) is 0 Å². The molecular weight excluding hydrogens is 246 g/mol. The molecule has 0 aliphatic heterocycles. The van der Waals surface area contributed by atoms with Crippen LogP contribution in [-0.4, -0.2) is 40.9 Å². The Labute approximate surface area is 95.8 Å². The van der Waals surface area contributed by atoms with Crippen molar-refractivity contribution in [3.8, 4) is 0 Å². The van der Waals surface area contributed by atoms with Gasteiger partial charge in [-0.05, 0) is 32.6 Å². The number of thioether (sulfide) groups is 1. The summed E-state index contributed by atoms with van der Waals surface area (Å²) in [4.78, 5) is 2.56. The van der Waals surface area contributed by atoms with Crippen molar-refractivity contribution in [1.29, 1.82) is 0 Å². The summed E-state index contributed by atoms with van der Waals surface area (Å²) in [6.07, 6.45) is 1.26. The molecule has 0 atom stereocenters. The molecule has 0 bridgehead atoms. The van der Waals surface area contributed by atoms with Crippen LogP contribution in [0.25, 0.3) is 0 Å². The molecule has 0 aliphatic rings. The quantitative estimate of drug-likeness (QED) is 0.491. The highest BCUT2D eigenvalue weighted by Gasteiger charge is 2.07. The molecule has 0 aliphatic carbocycles. The van der Waals surface area contributed by atoms with E-state index < -0.39 is 0 Å². The Kier molecular flexibility index (Phi) is 9.92. The molecule has 0 rings (SSSR count). The Bertz CT molecular complexity index is 109. The first-order valence-electron chi connectivity index (χ1n) is 5.10. The molecule has 0 aromatic rings. The molecule has 0 saturated heterocycles. The number of hydrogen-bond donors (Lipinski definition) is 0. The molecule has 0 aromatic carbocycles.